The van der Waals surface area contributed by atoms with Gasteiger partial charge in [0.05, 0.1) is 5.02 Å². The standard InChI is InChI=1S/C12H18ClN3O/c1-2-16-5-3-4-10(16)8-15-12(17)11-6-9(13)7-14-11/h6-7,10,14H,2-5,8H2,1H3,(H,15,17). The molecule has 1 aromatic heterocycles. The topological polar surface area (TPSA) is 48.1 Å². The van der Waals surface area contributed by atoms with Crippen molar-refractivity contribution >= 4 is 17.5 Å². The number of hydrogen-bond acceptors (Lipinski definition) is 2. The van der Waals surface area contributed by atoms with Crippen molar-refractivity contribution in [1.82, 2.24) is 15.2 Å². The highest BCUT2D eigenvalue weighted by molar-refractivity contribution is 6.30. The van der Waals surface area contributed by atoms with E-state index in [0.717, 1.165) is 13.1 Å². The maximum atomic E-state index is 11.8. The van der Waals surface area contributed by atoms with Crippen molar-refractivity contribution < 1.29 is 4.79 Å². The Morgan fingerprint density at radius 3 is 3.18 bits per heavy atom. The zero-order chi connectivity index (χ0) is 12.3. The molecule has 1 atom stereocenters. The molecule has 1 unspecified atom stereocenters. The number of H-pyrrole nitrogens is 1. The van der Waals surface area contributed by atoms with Crippen LogP contribution in [0.1, 0.15) is 30.3 Å². The normalized spacial score (nSPS) is 20.7. The quantitative estimate of drug-likeness (QED) is 0.863. The fourth-order valence-electron chi connectivity index (χ4n) is 2.35. The van der Waals surface area contributed by atoms with E-state index in [4.69, 9.17) is 11.6 Å². The third-order valence-electron chi connectivity index (χ3n) is 3.30. The number of likely N-dealkylation sites (tertiary alicyclic amines) is 1. The van der Waals surface area contributed by atoms with Gasteiger partial charge in [-0.15, -0.1) is 0 Å². The Morgan fingerprint density at radius 1 is 1.71 bits per heavy atom. The van der Waals surface area contributed by atoms with Gasteiger partial charge in [0.25, 0.3) is 5.91 Å². The lowest BCUT2D eigenvalue weighted by molar-refractivity contribution is 0.0937. The van der Waals surface area contributed by atoms with Crippen molar-refractivity contribution in [2.75, 3.05) is 19.6 Å². The summed E-state index contributed by atoms with van der Waals surface area (Å²) in [6.07, 6.45) is 4.01. The van der Waals surface area contributed by atoms with Gasteiger partial charge in [0.15, 0.2) is 0 Å². The highest BCUT2D eigenvalue weighted by atomic mass is 35.5. The van der Waals surface area contributed by atoms with E-state index in [9.17, 15) is 4.79 Å². The fourth-order valence-corrected chi connectivity index (χ4v) is 2.51. The number of hydrogen-bond donors (Lipinski definition) is 2. The van der Waals surface area contributed by atoms with E-state index >= 15 is 0 Å². The molecule has 17 heavy (non-hydrogen) atoms. The van der Waals surface area contributed by atoms with Gasteiger partial charge in [0.2, 0.25) is 0 Å². The first-order valence-electron chi connectivity index (χ1n) is 6.07. The summed E-state index contributed by atoms with van der Waals surface area (Å²) >= 11 is 5.76. The van der Waals surface area contributed by atoms with Crippen molar-refractivity contribution in [2.45, 2.75) is 25.8 Å². The molecule has 0 saturated carbocycles. The second-order valence-corrected chi connectivity index (χ2v) is 4.80. The third-order valence-corrected chi connectivity index (χ3v) is 3.51. The van der Waals surface area contributed by atoms with E-state index in [1.54, 1.807) is 12.3 Å². The molecule has 1 aromatic rings. The number of nitrogens with zero attached hydrogens (tertiary/aromatic N) is 1. The van der Waals surface area contributed by atoms with E-state index in [1.807, 2.05) is 0 Å². The molecule has 94 valence electrons. The van der Waals surface area contributed by atoms with Crippen LogP contribution in [-0.4, -0.2) is 41.5 Å². The van der Waals surface area contributed by atoms with Crippen LogP contribution in [0, 0.1) is 0 Å². The summed E-state index contributed by atoms with van der Waals surface area (Å²) in [6.45, 7) is 5.06. The third kappa shape index (κ3) is 3.01. The number of amides is 1. The maximum Gasteiger partial charge on any atom is 0.267 e. The fraction of sp³-hybridized carbons (Fsp3) is 0.583. The summed E-state index contributed by atoms with van der Waals surface area (Å²) in [7, 11) is 0. The van der Waals surface area contributed by atoms with Crippen LogP contribution in [0.4, 0.5) is 0 Å². The van der Waals surface area contributed by atoms with E-state index in [2.05, 4.69) is 22.1 Å². The van der Waals surface area contributed by atoms with Crippen molar-refractivity contribution in [1.29, 1.82) is 0 Å². The average Bonchev–Trinajstić information content (AvgIpc) is 2.94. The monoisotopic (exact) mass is 255 g/mol. The Kier molecular flexibility index (Phi) is 4.07. The minimum absolute atomic E-state index is 0.0835. The number of rotatable bonds is 4. The van der Waals surface area contributed by atoms with Crippen LogP contribution >= 0.6 is 11.6 Å². The molecule has 5 heteroatoms. The molecule has 1 aliphatic rings. The van der Waals surface area contributed by atoms with Crippen LogP contribution in [0.3, 0.4) is 0 Å². The van der Waals surface area contributed by atoms with Crippen LogP contribution in [0.15, 0.2) is 12.3 Å². The van der Waals surface area contributed by atoms with Crippen molar-refractivity contribution in [3.8, 4) is 0 Å². The van der Waals surface area contributed by atoms with Gasteiger partial charge >= 0.3 is 0 Å². The summed E-state index contributed by atoms with van der Waals surface area (Å²) in [5.74, 6) is -0.0835. The molecule has 0 radical (unpaired) electrons. The lowest BCUT2D eigenvalue weighted by Gasteiger charge is -2.22. The summed E-state index contributed by atoms with van der Waals surface area (Å²) in [6, 6.07) is 2.12. The molecule has 4 nitrogen and oxygen atoms in total. The van der Waals surface area contributed by atoms with Gasteiger partial charge in [-0.1, -0.05) is 18.5 Å². The van der Waals surface area contributed by atoms with Crippen LogP contribution in [0.5, 0.6) is 0 Å². The van der Waals surface area contributed by atoms with Gasteiger partial charge < -0.3 is 10.3 Å². The Labute approximate surface area is 106 Å². The highest BCUT2D eigenvalue weighted by Gasteiger charge is 2.23. The summed E-state index contributed by atoms with van der Waals surface area (Å²) < 4.78 is 0. The number of carbonyl (C=O) groups excluding carboxylic acids is 1. The van der Waals surface area contributed by atoms with Crippen molar-refractivity contribution in [2.24, 2.45) is 0 Å². The largest absolute Gasteiger partial charge is 0.356 e. The first kappa shape index (κ1) is 12.5. The first-order valence-corrected chi connectivity index (χ1v) is 6.44. The summed E-state index contributed by atoms with van der Waals surface area (Å²) in [4.78, 5) is 17.0. The summed E-state index contributed by atoms with van der Waals surface area (Å²) in [5.41, 5.74) is 0.524. The van der Waals surface area contributed by atoms with Crippen molar-refractivity contribution in [3.05, 3.63) is 23.0 Å². The van der Waals surface area contributed by atoms with Crippen LogP contribution in [0.2, 0.25) is 5.02 Å². The molecule has 2 N–H and O–H groups in total. The lowest BCUT2D eigenvalue weighted by atomic mass is 10.2. The Hall–Kier alpha value is -1.00. The number of carbonyl (C=O) groups is 1. The van der Waals surface area contributed by atoms with Crippen molar-refractivity contribution in [3.63, 3.8) is 0 Å². The Morgan fingerprint density at radius 2 is 2.53 bits per heavy atom. The molecular formula is C12H18ClN3O. The minimum atomic E-state index is -0.0835. The minimum Gasteiger partial charge on any atom is -0.356 e. The van der Waals surface area contributed by atoms with Crippen LogP contribution in [0.25, 0.3) is 0 Å². The highest BCUT2D eigenvalue weighted by Crippen LogP contribution is 2.16. The van der Waals surface area contributed by atoms with Crippen LogP contribution in [-0.2, 0) is 0 Å². The zero-order valence-corrected chi connectivity index (χ0v) is 10.8. The molecule has 0 bridgehead atoms. The molecule has 2 rings (SSSR count). The molecule has 1 fully saturated rings. The average molecular weight is 256 g/mol. The summed E-state index contributed by atoms with van der Waals surface area (Å²) in [5, 5.41) is 3.51. The molecule has 0 aliphatic carbocycles. The number of likely N-dealkylation sites (N-methyl/N-ethyl adjacent to an activating group) is 1. The maximum absolute atomic E-state index is 11.8. The first-order chi connectivity index (χ1) is 8.20. The smallest absolute Gasteiger partial charge is 0.267 e. The molecule has 1 saturated heterocycles. The molecule has 1 amide bonds. The molecular weight excluding hydrogens is 238 g/mol. The van der Waals surface area contributed by atoms with Gasteiger partial charge in [-0.05, 0) is 32.0 Å². The van der Waals surface area contributed by atoms with E-state index < -0.39 is 0 Å². The van der Waals surface area contributed by atoms with Crippen LogP contribution < -0.4 is 5.32 Å². The Bertz CT molecular complexity index is 391. The van der Waals surface area contributed by atoms with E-state index in [-0.39, 0.29) is 5.91 Å². The number of aromatic amines is 1. The van der Waals surface area contributed by atoms with Gasteiger partial charge in [0.1, 0.15) is 5.69 Å². The van der Waals surface area contributed by atoms with Gasteiger partial charge in [-0.25, -0.2) is 0 Å². The van der Waals surface area contributed by atoms with Gasteiger partial charge in [-0.2, -0.15) is 0 Å². The number of nitrogens with one attached hydrogen (secondary N) is 2. The van der Waals surface area contributed by atoms with Gasteiger partial charge in [-0.3, -0.25) is 9.69 Å². The number of aromatic nitrogens is 1. The molecule has 0 spiro atoms. The molecule has 0 aromatic carbocycles. The second-order valence-electron chi connectivity index (χ2n) is 4.37. The molecule has 2 heterocycles. The predicted molar refractivity (Wildman–Crippen MR) is 68.4 cm³/mol. The van der Waals surface area contributed by atoms with E-state index in [1.165, 1.54) is 12.8 Å². The predicted octanol–water partition coefficient (Wildman–Crippen LogP) is 1.88. The second kappa shape index (κ2) is 5.56. The van der Waals surface area contributed by atoms with E-state index in [0.29, 0.717) is 23.3 Å². The SMILES string of the molecule is CCN1CCCC1CNC(=O)c1cc(Cl)c[nH]1. The molecule has 1 aliphatic heterocycles. The number of halogens is 1. The lowest BCUT2D eigenvalue weighted by Crippen LogP contribution is -2.40. The Balaban J connectivity index is 1.84. The zero-order valence-electron chi connectivity index (χ0n) is 10.0. The van der Waals surface area contributed by atoms with Gasteiger partial charge in [0, 0.05) is 18.8 Å².